The summed E-state index contributed by atoms with van der Waals surface area (Å²) in [4.78, 5) is 15.3. The van der Waals surface area contributed by atoms with E-state index in [0.717, 1.165) is 5.57 Å². The Morgan fingerprint density at radius 2 is 1.60 bits per heavy atom. The van der Waals surface area contributed by atoms with E-state index in [1.54, 1.807) is 12.2 Å². The Balaban J connectivity index is 4.25. The van der Waals surface area contributed by atoms with Crippen molar-refractivity contribution < 1.29 is 4.79 Å². The van der Waals surface area contributed by atoms with Crippen LogP contribution >= 0.6 is 0 Å². The van der Waals surface area contributed by atoms with Crippen LogP contribution in [0.4, 0.5) is 0 Å². The maximum Gasteiger partial charge on any atom is 0.182 e. The fourth-order valence-electron chi connectivity index (χ4n) is 0.947. The lowest BCUT2D eigenvalue weighted by Gasteiger charge is -2.05. The first-order valence-electron chi connectivity index (χ1n) is 4.84. The van der Waals surface area contributed by atoms with Gasteiger partial charge in [0.1, 0.15) is 0 Å². The molecular weight excluding hydrogens is 188 g/mol. The molecule has 0 aromatic rings. The van der Waals surface area contributed by atoms with Crippen LogP contribution in [0.25, 0.3) is 0 Å². The fourth-order valence-corrected chi connectivity index (χ4v) is 0.947. The Morgan fingerprint density at radius 1 is 1.00 bits per heavy atom. The van der Waals surface area contributed by atoms with E-state index in [-0.39, 0.29) is 5.78 Å². The van der Waals surface area contributed by atoms with Gasteiger partial charge in [0.15, 0.2) is 5.78 Å². The summed E-state index contributed by atoms with van der Waals surface area (Å²) >= 11 is 0. The summed E-state index contributed by atoms with van der Waals surface area (Å²) in [6.45, 7) is 1.81. The van der Waals surface area contributed by atoms with Crippen LogP contribution in [-0.2, 0) is 4.79 Å². The van der Waals surface area contributed by atoms with Crippen LogP contribution in [-0.4, -0.2) is 43.8 Å². The van der Waals surface area contributed by atoms with Gasteiger partial charge in [-0.15, -0.1) is 0 Å². The minimum absolute atomic E-state index is 0.0344. The zero-order valence-corrected chi connectivity index (χ0v) is 10.2. The molecule has 0 N–H and O–H groups in total. The van der Waals surface area contributed by atoms with Crippen molar-refractivity contribution in [3.63, 3.8) is 0 Å². The van der Waals surface area contributed by atoms with E-state index in [1.807, 2.05) is 63.4 Å². The third kappa shape index (κ3) is 7.55. The quantitative estimate of drug-likeness (QED) is 0.507. The average molecular weight is 208 g/mol. The van der Waals surface area contributed by atoms with Crippen molar-refractivity contribution in [2.75, 3.05) is 28.2 Å². The molecule has 0 saturated carbocycles. The van der Waals surface area contributed by atoms with Gasteiger partial charge in [0.2, 0.25) is 0 Å². The van der Waals surface area contributed by atoms with Gasteiger partial charge in [0, 0.05) is 40.0 Å². The lowest BCUT2D eigenvalue weighted by Crippen LogP contribution is -2.05. The highest BCUT2D eigenvalue weighted by Gasteiger charge is 1.98. The molecule has 0 aliphatic carbocycles. The van der Waals surface area contributed by atoms with E-state index in [2.05, 4.69) is 0 Å². The molecule has 0 bridgehead atoms. The molecule has 84 valence electrons. The standard InChI is InChI=1S/C12H20N2O/c1-11(10-14(4)5)12(15)8-6-7-9-13(2)3/h6-10H,1-5H3/b8-6+,9-7+,11-10+. The van der Waals surface area contributed by atoms with Gasteiger partial charge in [-0.25, -0.2) is 0 Å². The largest absolute Gasteiger partial charge is 0.383 e. The van der Waals surface area contributed by atoms with Crippen molar-refractivity contribution in [1.29, 1.82) is 0 Å². The second-order valence-corrected chi connectivity index (χ2v) is 3.80. The summed E-state index contributed by atoms with van der Waals surface area (Å²) in [6, 6.07) is 0. The topological polar surface area (TPSA) is 23.6 Å². The van der Waals surface area contributed by atoms with E-state index in [0.29, 0.717) is 0 Å². The number of carbonyl (C=O) groups excluding carboxylic acids is 1. The molecule has 0 amide bonds. The van der Waals surface area contributed by atoms with Crippen LogP contribution in [0.15, 0.2) is 36.2 Å². The fraction of sp³-hybridized carbons (Fsp3) is 0.417. The highest BCUT2D eigenvalue weighted by molar-refractivity contribution is 6.03. The summed E-state index contributed by atoms with van der Waals surface area (Å²) in [6.07, 6.45) is 8.84. The molecule has 0 unspecified atom stereocenters. The first kappa shape index (κ1) is 13.5. The van der Waals surface area contributed by atoms with Gasteiger partial charge >= 0.3 is 0 Å². The van der Waals surface area contributed by atoms with Crippen LogP contribution in [0.5, 0.6) is 0 Å². The summed E-state index contributed by atoms with van der Waals surface area (Å²) in [5, 5.41) is 0. The molecule has 0 heterocycles. The molecule has 0 atom stereocenters. The van der Waals surface area contributed by atoms with Crippen molar-refractivity contribution in [3.8, 4) is 0 Å². The number of ketones is 1. The molecule has 0 aliphatic heterocycles. The van der Waals surface area contributed by atoms with Crippen LogP contribution in [0.1, 0.15) is 6.92 Å². The van der Waals surface area contributed by atoms with Crippen molar-refractivity contribution in [1.82, 2.24) is 9.80 Å². The zero-order valence-electron chi connectivity index (χ0n) is 10.2. The number of nitrogens with zero attached hydrogens (tertiary/aromatic N) is 2. The number of hydrogen-bond donors (Lipinski definition) is 0. The van der Waals surface area contributed by atoms with Gasteiger partial charge < -0.3 is 9.80 Å². The number of hydrogen-bond acceptors (Lipinski definition) is 3. The molecule has 0 fully saturated rings. The smallest absolute Gasteiger partial charge is 0.182 e. The van der Waals surface area contributed by atoms with E-state index < -0.39 is 0 Å². The zero-order chi connectivity index (χ0) is 11.8. The van der Waals surface area contributed by atoms with E-state index in [4.69, 9.17) is 0 Å². The van der Waals surface area contributed by atoms with Crippen molar-refractivity contribution in [2.45, 2.75) is 6.92 Å². The SMILES string of the molecule is C/C(=C\N(C)C)C(=O)/C=C/C=C/N(C)C. The van der Waals surface area contributed by atoms with E-state index in [1.165, 1.54) is 0 Å². The summed E-state index contributed by atoms with van der Waals surface area (Å²) < 4.78 is 0. The van der Waals surface area contributed by atoms with Crippen molar-refractivity contribution in [2.24, 2.45) is 0 Å². The van der Waals surface area contributed by atoms with Crippen LogP contribution in [0.3, 0.4) is 0 Å². The van der Waals surface area contributed by atoms with Gasteiger partial charge in [0.25, 0.3) is 0 Å². The Hall–Kier alpha value is -1.51. The molecule has 3 nitrogen and oxygen atoms in total. The van der Waals surface area contributed by atoms with Gasteiger partial charge in [-0.2, -0.15) is 0 Å². The third-order valence-corrected chi connectivity index (χ3v) is 1.58. The number of allylic oxidation sites excluding steroid dienone is 4. The summed E-state index contributed by atoms with van der Waals surface area (Å²) in [5.41, 5.74) is 0.731. The maximum atomic E-state index is 11.5. The minimum Gasteiger partial charge on any atom is -0.383 e. The molecular formula is C12H20N2O. The van der Waals surface area contributed by atoms with Gasteiger partial charge in [-0.3, -0.25) is 4.79 Å². The normalized spacial score (nSPS) is 12.5. The minimum atomic E-state index is 0.0344. The average Bonchev–Trinajstić information content (AvgIpc) is 2.10. The molecule has 0 aromatic heterocycles. The van der Waals surface area contributed by atoms with E-state index in [9.17, 15) is 4.79 Å². The molecule has 0 saturated heterocycles. The Morgan fingerprint density at radius 3 is 2.07 bits per heavy atom. The first-order valence-corrected chi connectivity index (χ1v) is 4.84. The Bertz CT molecular complexity index is 286. The first-order chi connectivity index (χ1) is 6.93. The van der Waals surface area contributed by atoms with Crippen molar-refractivity contribution >= 4 is 5.78 Å². The Labute approximate surface area is 92.4 Å². The molecule has 0 aliphatic rings. The lowest BCUT2D eigenvalue weighted by molar-refractivity contribution is -0.111. The van der Waals surface area contributed by atoms with Crippen LogP contribution in [0.2, 0.25) is 0 Å². The predicted octanol–water partition coefficient (Wildman–Crippen LogP) is 1.65. The Kier molecular flexibility index (Phi) is 6.18. The third-order valence-electron chi connectivity index (χ3n) is 1.58. The second kappa shape index (κ2) is 6.87. The molecule has 15 heavy (non-hydrogen) atoms. The predicted molar refractivity (Wildman–Crippen MR) is 64.4 cm³/mol. The molecule has 0 aromatic carbocycles. The maximum absolute atomic E-state index is 11.5. The van der Waals surface area contributed by atoms with Crippen molar-refractivity contribution in [3.05, 3.63) is 36.2 Å². The molecule has 0 rings (SSSR count). The highest BCUT2D eigenvalue weighted by atomic mass is 16.1. The number of rotatable bonds is 5. The van der Waals surface area contributed by atoms with Gasteiger partial charge in [-0.1, -0.05) is 6.08 Å². The monoisotopic (exact) mass is 208 g/mol. The van der Waals surface area contributed by atoms with E-state index >= 15 is 0 Å². The molecule has 0 spiro atoms. The van der Waals surface area contributed by atoms with Gasteiger partial charge in [-0.05, 0) is 25.3 Å². The lowest BCUT2D eigenvalue weighted by atomic mass is 10.2. The number of carbonyl (C=O) groups is 1. The van der Waals surface area contributed by atoms with Gasteiger partial charge in [0.05, 0.1) is 0 Å². The molecule has 3 heteroatoms. The summed E-state index contributed by atoms with van der Waals surface area (Å²) in [7, 11) is 7.66. The van der Waals surface area contributed by atoms with Crippen LogP contribution in [0, 0.1) is 0 Å². The highest BCUT2D eigenvalue weighted by Crippen LogP contribution is 1.97. The second-order valence-electron chi connectivity index (χ2n) is 3.80. The van der Waals surface area contributed by atoms with Crippen LogP contribution < -0.4 is 0 Å². The molecule has 0 radical (unpaired) electrons. The summed E-state index contributed by atoms with van der Waals surface area (Å²) in [5.74, 6) is 0.0344.